The second kappa shape index (κ2) is 3.51. The molecule has 0 aliphatic carbocycles. The topological polar surface area (TPSA) is 55.1 Å². The van der Waals surface area contributed by atoms with Gasteiger partial charge < -0.3 is 5.11 Å². The van der Waals surface area contributed by atoms with Crippen LogP contribution >= 0.6 is 0 Å². The number of carboxylic acids is 1. The maximum Gasteiger partial charge on any atom is 0.354 e. The number of alkyl halides is 2. The highest BCUT2D eigenvalue weighted by atomic mass is 19.3. The molecular weight excluding hydrogens is 182 g/mol. The van der Waals surface area contributed by atoms with E-state index in [0.717, 1.165) is 10.9 Å². The molecule has 0 saturated carbocycles. The fraction of sp³-hybridized carbons (Fsp3) is 0.429. The number of rotatable bonds is 3. The fourth-order valence-corrected chi connectivity index (χ4v) is 1.03. The van der Waals surface area contributed by atoms with Gasteiger partial charge in [-0.05, 0) is 6.92 Å². The minimum absolute atomic E-state index is 0.258. The summed E-state index contributed by atoms with van der Waals surface area (Å²) in [4.78, 5) is 10.6. The largest absolute Gasteiger partial charge is 0.477 e. The van der Waals surface area contributed by atoms with E-state index >= 15 is 0 Å². The number of hydrogen-bond acceptors (Lipinski definition) is 2. The average molecular weight is 190 g/mol. The maximum atomic E-state index is 12.2. The Hall–Kier alpha value is -1.46. The van der Waals surface area contributed by atoms with Gasteiger partial charge >= 0.3 is 5.97 Å². The summed E-state index contributed by atoms with van der Waals surface area (Å²) in [5.41, 5.74) is -0.966. The molecule has 1 aromatic rings. The van der Waals surface area contributed by atoms with Crippen molar-refractivity contribution >= 4 is 5.97 Å². The smallest absolute Gasteiger partial charge is 0.354 e. The maximum absolute atomic E-state index is 12.2. The van der Waals surface area contributed by atoms with E-state index in [1.54, 1.807) is 6.92 Å². The molecule has 0 amide bonds. The Kier molecular flexibility index (Phi) is 2.60. The summed E-state index contributed by atoms with van der Waals surface area (Å²) < 4.78 is 25.5. The number of carbonyl (C=O) groups is 1. The Morgan fingerprint density at radius 1 is 1.77 bits per heavy atom. The number of aryl methyl sites for hydroxylation is 1. The Bertz CT molecular complexity index is 322. The van der Waals surface area contributed by atoms with Crippen LogP contribution in [0.4, 0.5) is 8.78 Å². The zero-order valence-corrected chi connectivity index (χ0v) is 6.87. The molecule has 0 bridgehead atoms. The van der Waals surface area contributed by atoms with Crippen LogP contribution in [0.5, 0.6) is 0 Å². The standard InChI is InChI=1S/C7H8F2N2O2/c1-2-11-5(7(12)13)4(3-10-11)6(8)9/h3,6H,2H2,1H3,(H,12,13). The first-order chi connectivity index (χ1) is 6.07. The van der Waals surface area contributed by atoms with Crippen molar-refractivity contribution < 1.29 is 18.7 Å². The first kappa shape index (κ1) is 9.63. The molecular formula is C7H8F2N2O2. The molecule has 0 atom stereocenters. The van der Waals surface area contributed by atoms with E-state index in [0.29, 0.717) is 0 Å². The molecule has 0 spiro atoms. The fourth-order valence-electron chi connectivity index (χ4n) is 1.03. The van der Waals surface area contributed by atoms with Crippen LogP contribution in [-0.4, -0.2) is 20.9 Å². The van der Waals surface area contributed by atoms with Gasteiger partial charge in [0.1, 0.15) is 0 Å². The zero-order chi connectivity index (χ0) is 10.0. The van der Waals surface area contributed by atoms with Crippen LogP contribution in [0, 0.1) is 0 Å². The van der Waals surface area contributed by atoms with Crippen LogP contribution in [0.1, 0.15) is 29.4 Å². The predicted molar refractivity (Wildman–Crippen MR) is 39.8 cm³/mol. The minimum atomic E-state index is -2.80. The lowest BCUT2D eigenvalue weighted by molar-refractivity contribution is 0.0670. The Morgan fingerprint density at radius 3 is 2.77 bits per heavy atom. The molecule has 13 heavy (non-hydrogen) atoms. The quantitative estimate of drug-likeness (QED) is 0.786. The third kappa shape index (κ3) is 1.66. The summed E-state index contributed by atoms with van der Waals surface area (Å²) in [6, 6.07) is 0. The van der Waals surface area contributed by atoms with Crippen molar-refractivity contribution in [3.05, 3.63) is 17.5 Å². The molecule has 1 heterocycles. The van der Waals surface area contributed by atoms with Gasteiger partial charge in [0.15, 0.2) is 5.69 Å². The predicted octanol–water partition coefficient (Wildman–Crippen LogP) is 1.54. The molecule has 4 nitrogen and oxygen atoms in total. The van der Waals surface area contributed by atoms with Crippen molar-refractivity contribution in [1.29, 1.82) is 0 Å². The molecule has 0 aliphatic rings. The third-order valence-corrected chi connectivity index (χ3v) is 1.60. The van der Waals surface area contributed by atoms with Gasteiger partial charge in [-0.15, -0.1) is 0 Å². The van der Waals surface area contributed by atoms with E-state index in [9.17, 15) is 13.6 Å². The minimum Gasteiger partial charge on any atom is -0.477 e. The van der Waals surface area contributed by atoms with Crippen LogP contribution < -0.4 is 0 Å². The van der Waals surface area contributed by atoms with Gasteiger partial charge in [-0.3, -0.25) is 4.68 Å². The summed E-state index contributed by atoms with van der Waals surface area (Å²) in [6.45, 7) is 1.89. The van der Waals surface area contributed by atoms with Gasteiger partial charge in [-0.2, -0.15) is 5.10 Å². The summed E-state index contributed by atoms with van der Waals surface area (Å²) in [5.74, 6) is -1.38. The van der Waals surface area contributed by atoms with E-state index in [-0.39, 0.29) is 6.54 Å². The van der Waals surface area contributed by atoms with Crippen LogP contribution in [0.2, 0.25) is 0 Å². The second-order valence-electron chi connectivity index (χ2n) is 2.37. The lowest BCUT2D eigenvalue weighted by Gasteiger charge is -2.01. The zero-order valence-electron chi connectivity index (χ0n) is 6.87. The van der Waals surface area contributed by atoms with Crippen molar-refractivity contribution in [2.75, 3.05) is 0 Å². The van der Waals surface area contributed by atoms with Gasteiger partial charge in [-0.1, -0.05) is 0 Å². The van der Waals surface area contributed by atoms with Crippen molar-refractivity contribution in [2.24, 2.45) is 0 Å². The number of nitrogens with zero attached hydrogens (tertiary/aromatic N) is 2. The molecule has 1 rings (SSSR count). The lowest BCUT2D eigenvalue weighted by atomic mass is 10.2. The molecule has 1 aromatic heterocycles. The van der Waals surface area contributed by atoms with E-state index in [1.807, 2.05) is 0 Å². The highest BCUT2D eigenvalue weighted by Crippen LogP contribution is 2.22. The highest BCUT2D eigenvalue weighted by Gasteiger charge is 2.22. The molecule has 6 heteroatoms. The second-order valence-corrected chi connectivity index (χ2v) is 2.37. The van der Waals surface area contributed by atoms with Gasteiger partial charge in [0.25, 0.3) is 6.43 Å². The molecule has 72 valence electrons. The normalized spacial score (nSPS) is 10.8. The van der Waals surface area contributed by atoms with Gasteiger partial charge in [0, 0.05) is 6.54 Å². The van der Waals surface area contributed by atoms with E-state index in [4.69, 9.17) is 5.11 Å². The number of carboxylic acid groups (broad SMARTS) is 1. The van der Waals surface area contributed by atoms with Crippen molar-refractivity contribution in [3.63, 3.8) is 0 Å². The van der Waals surface area contributed by atoms with Crippen LogP contribution in [0.25, 0.3) is 0 Å². The Balaban J connectivity index is 3.22. The summed E-state index contributed by atoms with van der Waals surface area (Å²) in [6.07, 6.45) is -1.91. The lowest BCUT2D eigenvalue weighted by Crippen LogP contribution is -2.10. The van der Waals surface area contributed by atoms with Crippen molar-refractivity contribution in [3.8, 4) is 0 Å². The number of halogens is 2. The molecule has 0 unspecified atom stereocenters. The van der Waals surface area contributed by atoms with Crippen molar-refractivity contribution in [2.45, 2.75) is 19.9 Å². The molecule has 0 saturated heterocycles. The Morgan fingerprint density at radius 2 is 2.38 bits per heavy atom. The summed E-state index contributed by atoms with van der Waals surface area (Å²) in [5, 5.41) is 12.2. The van der Waals surface area contributed by atoms with Gasteiger partial charge in [0.05, 0.1) is 11.8 Å². The average Bonchev–Trinajstić information content (AvgIpc) is 2.46. The number of hydrogen-bond donors (Lipinski definition) is 1. The molecule has 0 aliphatic heterocycles. The van der Waals surface area contributed by atoms with Gasteiger partial charge in [-0.25, -0.2) is 13.6 Å². The molecule has 0 fully saturated rings. The van der Waals surface area contributed by atoms with E-state index < -0.39 is 23.7 Å². The molecule has 1 N–H and O–H groups in total. The van der Waals surface area contributed by atoms with Crippen LogP contribution in [-0.2, 0) is 6.54 Å². The molecule has 0 radical (unpaired) electrons. The highest BCUT2D eigenvalue weighted by molar-refractivity contribution is 5.87. The van der Waals surface area contributed by atoms with Crippen LogP contribution in [0.15, 0.2) is 6.20 Å². The summed E-state index contributed by atoms with van der Waals surface area (Å²) >= 11 is 0. The van der Waals surface area contributed by atoms with E-state index in [2.05, 4.69) is 5.10 Å². The van der Waals surface area contributed by atoms with Crippen molar-refractivity contribution in [1.82, 2.24) is 9.78 Å². The van der Waals surface area contributed by atoms with Crippen LogP contribution in [0.3, 0.4) is 0 Å². The van der Waals surface area contributed by atoms with Gasteiger partial charge in [0.2, 0.25) is 0 Å². The number of aromatic carboxylic acids is 1. The van der Waals surface area contributed by atoms with E-state index in [1.165, 1.54) is 0 Å². The summed E-state index contributed by atoms with van der Waals surface area (Å²) in [7, 11) is 0. The monoisotopic (exact) mass is 190 g/mol. The SMILES string of the molecule is CCn1ncc(C(F)F)c1C(=O)O. The molecule has 0 aromatic carbocycles. The first-order valence-electron chi connectivity index (χ1n) is 3.65. The first-order valence-corrected chi connectivity index (χ1v) is 3.65. The number of aromatic nitrogens is 2. The third-order valence-electron chi connectivity index (χ3n) is 1.60. The Labute approximate surface area is 72.8 Å².